The molecular formula is C18H17N3O3. The van der Waals surface area contributed by atoms with Crippen LogP contribution < -0.4 is 5.56 Å². The highest BCUT2D eigenvalue weighted by atomic mass is 16.5. The van der Waals surface area contributed by atoms with Gasteiger partial charge in [0.2, 0.25) is 0 Å². The summed E-state index contributed by atoms with van der Waals surface area (Å²) < 4.78 is 5.23. The van der Waals surface area contributed by atoms with Gasteiger partial charge in [0.25, 0.3) is 5.56 Å². The number of nitrogens with zero attached hydrogens (tertiary/aromatic N) is 1. The van der Waals surface area contributed by atoms with E-state index in [4.69, 9.17) is 4.74 Å². The van der Waals surface area contributed by atoms with Gasteiger partial charge in [-0.2, -0.15) is 5.10 Å². The number of nitrogens with one attached hydrogen (secondary N) is 2. The van der Waals surface area contributed by atoms with Crippen molar-refractivity contribution >= 4 is 5.97 Å². The Morgan fingerprint density at radius 3 is 2.62 bits per heavy atom. The number of carbonyl (C=O) groups is 1. The van der Waals surface area contributed by atoms with Crippen LogP contribution in [-0.2, 0) is 11.3 Å². The van der Waals surface area contributed by atoms with Crippen LogP contribution in [0.15, 0.2) is 47.3 Å². The summed E-state index contributed by atoms with van der Waals surface area (Å²) in [5, 5.41) is 7.04. The van der Waals surface area contributed by atoms with Crippen molar-refractivity contribution in [3.8, 4) is 11.3 Å². The van der Waals surface area contributed by atoms with E-state index >= 15 is 0 Å². The van der Waals surface area contributed by atoms with Crippen molar-refractivity contribution in [1.29, 1.82) is 0 Å². The van der Waals surface area contributed by atoms with Crippen LogP contribution >= 0.6 is 0 Å². The minimum absolute atomic E-state index is 0.0193. The van der Waals surface area contributed by atoms with E-state index in [0.717, 1.165) is 11.3 Å². The molecule has 2 aromatic heterocycles. The molecule has 0 bridgehead atoms. The number of pyridine rings is 1. The van der Waals surface area contributed by atoms with Crippen LogP contribution in [0.4, 0.5) is 0 Å². The van der Waals surface area contributed by atoms with E-state index in [2.05, 4.69) is 15.2 Å². The average Bonchev–Trinajstić information content (AvgIpc) is 3.02. The highest BCUT2D eigenvalue weighted by Gasteiger charge is 2.16. The number of rotatable bonds is 4. The largest absolute Gasteiger partial charge is 0.455 e. The number of benzene rings is 1. The highest BCUT2D eigenvalue weighted by molar-refractivity contribution is 5.90. The molecule has 0 saturated carbocycles. The van der Waals surface area contributed by atoms with Crippen LogP contribution in [0.3, 0.4) is 0 Å². The number of H-pyrrole nitrogens is 2. The summed E-state index contributed by atoms with van der Waals surface area (Å²) in [6.45, 7) is 3.49. The smallest absolute Gasteiger partial charge is 0.344 e. The zero-order chi connectivity index (χ0) is 17.1. The van der Waals surface area contributed by atoms with Gasteiger partial charge >= 0.3 is 5.97 Å². The number of hydrogen-bond acceptors (Lipinski definition) is 4. The zero-order valence-electron chi connectivity index (χ0n) is 13.4. The second-order valence-corrected chi connectivity index (χ2v) is 5.56. The lowest BCUT2D eigenvalue weighted by Gasteiger charge is -2.06. The molecule has 2 N–H and O–H groups in total. The van der Waals surface area contributed by atoms with Gasteiger partial charge in [0, 0.05) is 11.3 Å². The molecule has 0 aliphatic rings. The van der Waals surface area contributed by atoms with E-state index in [-0.39, 0.29) is 12.2 Å². The minimum atomic E-state index is -0.649. The first-order valence-electron chi connectivity index (χ1n) is 7.52. The predicted octanol–water partition coefficient (Wildman–Crippen LogP) is 2.74. The Labute approximate surface area is 138 Å². The molecule has 0 aliphatic carbocycles. The average molecular weight is 323 g/mol. The van der Waals surface area contributed by atoms with E-state index in [9.17, 15) is 9.59 Å². The number of aromatic amines is 2. The monoisotopic (exact) mass is 323 g/mol. The van der Waals surface area contributed by atoms with Gasteiger partial charge in [-0.15, -0.1) is 0 Å². The Kier molecular flexibility index (Phi) is 4.29. The van der Waals surface area contributed by atoms with Gasteiger partial charge in [0.1, 0.15) is 12.2 Å². The molecule has 0 aliphatic heterocycles. The summed E-state index contributed by atoms with van der Waals surface area (Å²) in [7, 11) is 0. The second-order valence-electron chi connectivity index (χ2n) is 5.56. The Morgan fingerprint density at radius 2 is 1.92 bits per heavy atom. The van der Waals surface area contributed by atoms with Crippen LogP contribution in [0.25, 0.3) is 11.3 Å². The standard InChI is InChI=1S/C18H17N3O3/c1-11-8-12(2)19-17(22)16(11)18(23)24-10-14-9-15(21-20-14)13-6-4-3-5-7-13/h3-9H,10H2,1-2H3,(H,19,22)(H,20,21). The van der Waals surface area contributed by atoms with E-state index < -0.39 is 11.5 Å². The number of aromatic nitrogens is 3. The lowest BCUT2D eigenvalue weighted by molar-refractivity contribution is 0.0464. The van der Waals surface area contributed by atoms with Crippen LogP contribution in [-0.4, -0.2) is 21.2 Å². The van der Waals surface area contributed by atoms with Crippen LogP contribution in [0.2, 0.25) is 0 Å². The Balaban J connectivity index is 1.72. The van der Waals surface area contributed by atoms with Gasteiger partial charge in [-0.05, 0) is 31.5 Å². The SMILES string of the molecule is Cc1cc(C)c(C(=O)OCc2cc(-c3ccccc3)n[nH]2)c(=O)[nH]1. The van der Waals surface area contributed by atoms with Crippen LogP contribution in [0.5, 0.6) is 0 Å². The lowest BCUT2D eigenvalue weighted by Crippen LogP contribution is -2.22. The van der Waals surface area contributed by atoms with Crippen molar-refractivity contribution in [2.75, 3.05) is 0 Å². The number of hydrogen-bond donors (Lipinski definition) is 2. The number of esters is 1. The van der Waals surface area contributed by atoms with E-state index in [1.807, 2.05) is 36.4 Å². The number of ether oxygens (including phenoxy) is 1. The second kappa shape index (κ2) is 6.54. The van der Waals surface area contributed by atoms with Gasteiger partial charge in [-0.25, -0.2) is 4.79 Å². The maximum atomic E-state index is 12.2. The molecule has 122 valence electrons. The third-order valence-electron chi connectivity index (χ3n) is 3.63. The van der Waals surface area contributed by atoms with Crippen molar-refractivity contribution in [3.63, 3.8) is 0 Å². The summed E-state index contributed by atoms with van der Waals surface area (Å²) >= 11 is 0. The number of carbonyl (C=O) groups excluding carboxylic acids is 1. The fourth-order valence-corrected chi connectivity index (χ4v) is 2.52. The highest BCUT2D eigenvalue weighted by Crippen LogP contribution is 2.17. The molecule has 0 atom stereocenters. The van der Waals surface area contributed by atoms with Crippen molar-refractivity contribution in [2.45, 2.75) is 20.5 Å². The normalized spacial score (nSPS) is 10.6. The van der Waals surface area contributed by atoms with E-state index in [1.54, 1.807) is 19.9 Å². The predicted molar refractivity (Wildman–Crippen MR) is 89.7 cm³/mol. The fourth-order valence-electron chi connectivity index (χ4n) is 2.52. The first kappa shape index (κ1) is 15.7. The van der Waals surface area contributed by atoms with Crippen LogP contribution in [0, 0.1) is 13.8 Å². The molecule has 0 fully saturated rings. The van der Waals surface area contributed by atoms with Crippen molar-refractivity contribution < 1.29 is 9.53 Å². The topological polar surface area (TPSA) is 87.8 Å². The molecule has 3 rings (SSSR count). The van der Waals surface area contributed by atoms with Gasteiger partial charge in [0.15, 0.2) is 0 Å². The molecular weight excluding hydrogens is 306 g/mol. The molecule has 0 radical (unpaired) electrons. The van der Waals surface area contributed by atoms with Gasteiger partial charge in [0.05, 0.1) is 11.4 Å². The van der Waals surface area contributed by atoms with Gasteiger partial charge in [-0.3, -0.25) is 9.89 Å². The summed E-state index contributed by atoms with van der Waals surface area (Å²) in [4.78, 5) is 26.7. The Hall–Kier alpha value is -3.15. The Morgan fingerprint density at radius 1 is 1.17 bits per heavy atom. The third kappa shape index (κ3) is 3.27. The van der Waals surface area contributed by atoms with Crippen molar-refractivity contribution in [2.24, 2.45) is 0 Å². The lowest BCUT2D eigenvalue weighted by atomic mass is 10.1. The summed E-state index contributed by atoms with van der Waals surface area (Å²) in [6.07, 6.45) is 0. The quantitative estimate of drug-likeness (QED) is 0.723. The summed E-state index contributed by atoms with van der Waals surface area (Å²) in [6, 6.07) is 13.2. The molecule has 24 heavy (non-hydrogen) atoms. The molecule has 2 heterocycles. The van der Waals surface area contributed by atoms with Crippen molar-refractivity contribution in [3.05, 3.63) is 75.3 Å². The molecule has 1 aromatic carbocycles. The maximum Gasteiger partial charge on any atom is 0.344 e. The molecule has 3 aromatic rings. The Bertz CT molecular complexity index is 926. The number of aryl methyl sites for hydroxylation is 2. The minimum Gasteiger partial charge on any atom is -0.455 e. The van der Waals surface area contributed by atoms with Gasteiger partial charge in [-0.1, -0.05) is 30.3 Å². The summed E-state index contributed by atoms with van der Waals surface area (Å²) in [5.74, 6) is -0.649. The molecule has 0 spiro atoms. The van der Waals surface area contributed by atoms with Crippen LogP contribution in [0.1, 0.15) is 27.3 Å². The first-order valence-corrected chi connectivity index (χ1v) is 7.52. The van der Waals surface area contributed by atoms with Gasteiger partial charge < -0.3 is 9.72 Å². The fraction of sp³-hybridized carbons (Fsp3) is 0.167. The molecule has 0 saturated heterocycles. The third-order valence-corrected chi connectivity index (χ3v) is 3.63. The van der Waals surface area contributed by atoms with E-state index in [1.165, 1.54) is 0 Å². The first-order chi connectivity index (χ1) is 11.5. The van der Waals surface area contributed by atoms with E-state index in [0.29, 0.717) is 17.0 Å². The zero-order valence-corrected chi connectivity index (χ0v) is 13.4. The van der Waals surface area contributed by atoms with Crippen molar-refractivity contribution in [1.82, 2.24) is 15.2 Å². The summed E-state index contributed by atoms with van der Waals surface area (Å²) in [5.41, 5.74) is 3.29. The maximum absolute atomic E-state index is 12.2. The molecule has 0 amide bonds. The molecule has 6 nitrogen and oxygen atoms in total. The molecule has 6 heteroatoms. The molecule has 0 unspecified atom stereocenters.